The standard InChI is InChI=1S/C10H21N3O/c1-13-2-3-14-10(7-13)6-12-9-4-8(11)5-9/h8-10,12H,2-7,11H2,1H3. The molecule has 14 heavy (non-hydrogen) atoms. The van der Waals surface area contributed by atoms with E-state index in [0.29, 0.717) is 18.2 Å². The van der Waals surface area contributed by atoms with Gasteiger partial charge in [0, 0.05) is 31.7 Å². The first-order chi connectivity index (χ1) is 6.74. The summed E-state index contributed by atoms with van der Waals surface area (Å²) in [5, 5.41) is 3.51. The quantitative estimate of drug-likeness (QED) is 0.637. The highest BCUT2D eigenvalue weighted by Gasteiger charge is 2.26. The van der Waals surface area contributed by atoms with E-state index in [1.807, 2.05) is 0 Å². The third kappa shape index (κ3) is 2.67. The van der Waals surface area contributed by atoms with Crippen molar-refractivity contribution in [2.24, 2.45) is 5.73 Å². The minimum absolute atomic E-state index is 0.366. The highest BCUT2D eigenvalue weighted by Crippen LogP contribution is 2.17. The Hall–Kier alpha value is -0.160. The molecule has 2 fully saturated rings. The Balaban J connectivity index is 1.60. The molecule has 1 aliphatic carbocycles. The summed E-state index contributed by atoms with van der Waals surface area (Å²) < 4.78 is 5.66. The fourth-order valence-electron chi connectivity index (χ4n) is 2.12. The normalized spacial score (nSPS) is 39.4. The first-order valence-corrected chi connectivity index (χ1v) is 5.53. The summed E-state index contributed by atoms with van der Waals surface area (Å²) in [7, 11) is 2.15. The number of nitrogens with zero attached hydrogens (tertiary/aromatic N) is 1. The summed E-state index contributed by atoms with van der Waals surface area (Å²) in [4.78, 5) is 2.32. The molecule has 0 amide bonds. The van der Waals surface area contributed by atoms with E-state index in [-0.39, 0.29) is 0 Å². The van der Waals surface area contributed by atoms with Gasteiger partial charge in [-0.1, -0.05) is 0 Å². The summed E-state index contributed by atoms with van der Waals surface area (Å²) in [5.41, 5.74) is 5.72. The SMILES string of the molecule is CN1CCOC(CNC2CC(N)C2)C1. The van der Waals surface area contributed by atoms with Crippen molar-refractivity contribution in [3.8, 4) is 0 Å². The van der Waals surface area contributed by atoms with Crippen molar-refractivity contribution in [1.29, 1.82) is 0 Å². The van der Waals surface area contributed by atoms with Crippen molar-refractivity contribution in [3.05, 3.63) is 0 Å². The average Bonchev–Trinajstić information content (AvgIpc) is 2.11. The Morgan fingerprint density at radius 3 is 2.93 bits per heavy atom. The van der Waals surface area contributed by atoms with Crippen LogP contribution in [0, 0.1) is 0 Å². The molecule has 0 aromatic rings. The molecule has 0 spiro atoms. The Kier molecular flexibility index (Phi) is 3.38. The van der Waals surface area contributed by atoms with E-state index < -0.39 is 0 Å². The van der Waals surface area contributed by atoms with Crippen LogP contribution in [-0.2, 0) is 4.74 Å². The molecule has 2 aliphatic rings. The smallest absolute Gasteiger partial charge is 0.0826 e. The second-order valence-electron chi connectivity index (χ2n) is 4.59. The van der Waals surface area contributed by atoms with Gasteiger partial charge in [0.1, 0.15) is 0 Å². The van der Waals surface area contributed by atoms with E-state index in [1.54, 1.807) is 0 Å². The van der Waals surface area contributed by atoms with Crippen molar-refractivity contribution in [1.82, 2.24) is 10.2 Å². The fraction of sp³-hybridized carbons (Fsp3) is 1.00. The van der Waals surface area contributed by atoms with Crippen LogP contribution in [0.2, 0.25) is 0 Å². The number of likely N-dealkylation sites (N-methyl/N-ethyl adjacent to an activating group) is 1. The highest BCUT2D eigenvalue weighted by atomic mass is 16.5. The zero-order valence-corrected chi connectivity index (χ0v) is 8.91. The van der Waals surface area contributed by atoms with Gasteiger partial charge >= 0.3 is 0 Å². The molecule has 1 aliphatic heterocycles. The summed E-state index contributed by atoms with van der Waals surface area (Å²) in [6.07, 6.45) is 2.62. The minimum Gasteiger partial charge on any atom is -0.374 e. The van der Waals surface area contributed by atoms with Crippen LogP contribution in [0.1, 0.15) is 12.8 Å². The summed E-state index contributed by atoms with van der Waals surface area (Å²) in [6.45, 7) is 3.95. The molecule has 1 saturated carbocycles. The maximum Gasteiger partial charge on any atom is 0.0826 e. The predicted molar refractivity (Wildman–Crippen MR) is 56.2 cm³/mol. The third-order valence-corrected chi connectivity index (χ3v) is 3.15. The first kappa shape index (κ1) is 10.4. The monoisotopic (exact) mass is 199 g/mol. The van der Waals surface area contributed by atoms with Gasteiger partial charge in [0.25, 0.3) is 0 Å². The van der Waals surface area contributed by atoms with E-state index in [4.69, 9.17) is 10.5 Å². The minimum atomic E-state index is 0.366. The molecular formula is C10H21N3O. The van der Waals surface area contributed by atoms with Gasteiger partial charge in [0.05, 0.1) is 12.7 Å². The summed E-state index contributed by atoms with van der Waals surface area (Å²) >= 11 is 0. The van der Waals surface area contributed by atoms with Gasteiger partial charge in [-0.05, 0) is 19.9 Å². The van der Waals surface area contributed by atoms with Gasteiger partial charge in [-0.25, -0.2) is 0 Å². The Bertz CT molecular complexity index is 182. The van der Waals surface area contributed by atoms with Gasteiger partial charge in [0.2, 0.25) is 0 Å². The van der Waals surface area contributed by atoms with Crippen LogP contribution in [0.4, 0.5) is 0 Å². The number of ether oxygens (including phenoxy) is 1. The lowest BCUT2D eigenvalue weighted by Crippen LogP contribution is -2.52. The van der Waals surface area contributed by atoms with Gasteiger partial charge < -0.3 is 20.7 Å². The number of morpholine rings is 1. The second kappa shape index (κ2) is 4.57. The first-order valence-electron chi connectivity index (χ1n) is 5.53. The Labute approximate surface area is 85.8 Å². The summed E-state index contributed by atoms with van der Waals surface area (Å²) in [6, 6.07) is 1.07. The van der Waals surface area contributed by atoms with E-state index in [9.17, 15) is 0 Å². The molecule has 0 bridgehead atoms. The van der Waals surface area contributed by atoms with E-state index >= 15 is 0 Å². The molecule has 0 radical (unpaired) electrons. The van der Waals surface area contributed by atoms with Crippen molar-refractivity contribution in [3.63, 3.8) is 0 Å². The van der Waals surface area contributed by atoms with Crippen molar-refractivity contribution in [2.75, 3.05) is 33.3 Å². The van der Waals surface area contributed by atoms with Gasteiger partial charge in [-0.15, -0.1) is 0 Å². The third-order valence-electron chi connectivity index (χ3n) is 3.15. The molecule has 0 aromatic carbocycles. The molecule has 1 unspecified atom stereocenters. The lowest BCUT2D eigenvalue weighted by Gasteiger charge is -2.36. The lowest BCUT2D eigenvalue weighted by molar-refractivity contribution is -0.0206. The molecule has 4 nitrogen and oxygen atoms in total. The van der Waals surface area contributed by atoms with Crippen LogP contribution in [0.5, 0.6) is 0 Å². The van der Waals surface area contributed by atoms with Crippen molar-refractivity contribution >= 4 is 0 Å². The maximum absolute atomic E-state index is 5.72. The number of nitrogens with one attached hydrogen (secondary N) is 1. The van der Waals surface area contributed by atoms with E-state index in [1.165, 1.54) is 0 Å². The van der Waals surface area contributed by atoms with Crippen LogP contribution < -0.4 is 11.1 Å². The molecule has 1 heterocycles. The molecular weight excluding hydrogens is 178 g/mol. The molecule has 1 atom stereocenters. The van der Waals surface area contributed by atoms with Crippen LogP contribution in [-0.4, -0.2) is 56.4 Å². The maximum atomic E-state index is 5.72. The van der Waals surface area contributed by atoms with Gasteiger partial charge in [0.15, 0.2) is 0 Å². The number of hydrogen-bond acceptors (Lipinski definition) is 4. The topological polar surface area (TPSA) is 50.5 Å². The van der Waals surface area contributed by atoms with Crippen LogP contribution in [0.15, 0.2) is 0 Å². The van der Waals surface area contributed by atoms with Crippen LogP contribution >= 0.6 is 0 Å². The highest BCUT2D eigenvalue weighted by molar-refractivity contribution is 4.88. The number of hydrogen-bond donors (Lipinski definition) is 2. The Morgan fingerprint density at radius 2 is 2.29 bits per heavy atom. The molecule has 2 rings (SSSR count). The largest absolute Gasteiger partial charge is 0.374 e. The van der Waals surface area contributed by atoms with Gasteiger partial charge in [-0.3, -0.25) is 0 Å². The van der Waals surface area contributed by atoms with Crippen LogP contribution in [0.3, 0.4) is 0 Å². The number of rotatable bonds is 3. The predicted octanol–water partition coefficient (Wildman–Crippen LogP) is -0.604. The second-order valence-corrected chi connectivity index (χ2v) is 4.59. The van der Waals surface area contributed by atoms with Crippen molar-refractivity contribution < 1.29 is 4.74 Å². The molecule has 4 heteroatoms. The zero-order chi connectivity index (χ0) is 9.97. The van der Waals surface area contributed by atoms with Gasteiger partial charge in [-0.2, -0.15) is 0 Å². The average molecular weight is 199 g/mol. The summed E-state index contributed by atoms with van der Waals surface area (Å²) in [5.74, 6) is 0. The fourth-order valence-corrected chi connectivity index (χ4v) is 2.12. The Morgan fingerprint density at radius 1 is 1.50 bits per heavy atom. The van der Waals surface area contributed by atoms with E-state index in [0.717, 1.165) is 39.1 Å². The van der Waals surface area contributed by atoms with Crippen LogP contribution in [0.25, 0.3) is 0 Å². The molecule has 3 N–H and O–H groups in total. The van der Waals surface area contributed by atoms with E-state index in [2.05, 4.69) is 17.3 Å². The molecule has 82 valence electrons. The number of nitrogens with two attached hydrogens (primary N) is 1. The molecule has 1 saturated heterocycles. The van der Waals surface area contributed by atoms with Crippen molar-refractivity contribution in [2.45, 2.75) is 31.0 Å². The molecule has 0 aromatic heterocycles. The lowest BCUT2D eigenvalue weighted by atomic mass is 9.87. The zero-order valence-electron chi connectivity index (χ0n) is 8.91.